The van der Waals surface area contributed by atoms with Crippen molar-refractivity contribution in [3.63, 3.8) is 0 Å². The third-order valence-corrected chi connectivity index (χ3v) is 6.72. The molecule has 1 fully saturated rings. The highest BCUT2D eigenvalue weighted by Crippen LogP contribution is 2.24. The first-order valence-electron chi connectivity index (χ1n) is 12.5. The van der Waals surface area contributed by atoms with Gasteiger partial charge < -0.3 is 9.88 Å². The summed E-state index contributed by atoms with van der Waals surface area (Å²) in [5, 5.41) is 3.21. The number of hydrogen-bond donors (Lipinski definition) is 2. The van der Waals surface area contributed by atoms with E-state index in [2.05, 4.69) is 31.1 Å². The first-order valence-corrected chi connectivity index (χ1v) is 12.5. The summed E-state index contributed by atoms with van der Waals surface area (Å²) in [7, 11) is 0. The minimum absolute atomic E-state index is 0.0354. The summed E-state index contributed by atoms with van der Waals surface area (Å²) in [6, 6.07) is 0.252. The fourth-order valence-corrected chi connectivity index (χ4v) is 4.73. The van der Waals surface area contributed by atoms with Crippen molar-refractivity contribution in [1.82, 2.24) is 24.4 Å². The fraction of sp³-hybridized carbons (Fsp3) is 0.750. The number of aromatic amines is 1. The molecule has 1 amide bonds. The van der Waals surface area contributed by atoms with Gasteiger partial charge in [0.05, 0.1) is 0 Å². The number of H-pyrrole nitrogens is 1. The van der Waals surface area contributed by atoms with E-state index in [-0.39, 0.29) is 11.9 Å². The van der Waals surface area contributed by atoms with E-state index in [9.17, 15) is 14.4 Å². The molecule has 0 saturated heterocycles. The van der Waals surface area contributed by atoms with Crippen LogP contribution in [0.4, 0.5) is 0 Å². The summed E-state index contributed by atoms with van der Waals surface area (Å²) in [5.41, 5.74) is 0.0892. The Bertz CT molecular complexity index is 1020. The Morgan fingerprint density at radius 2 is 1.78 bits per heavy atom. The molecule has 0 radical (unpaired) electrons. The zero-order valence-corrected chi connectivity index (χ0v) is 19.9. The number of nitrogens with zero attached hydrogens (tertiary/aromatic N) is 3. The molecule has 8 nitrogen and oxygen atoms in total. The van der Waals surface area contributed by atoms with Crippen LogP contribution in [-0.4, -0.2) is 31.1 Å². The molecule has 1 saturated carbocycles. The van der Waals surface area contributed by atoms with Crippen molar-refractivity contribution in [2.45, 2.75) is 111 Å². The molecule has 1 aliphatic carbocycles. The molecule has 0 aliphatic heterocycles. The van der Waals surface area contributed by atoms with E-state index in [4.69, 9.17) is 4.98 Å². The highest BCUT2D eigenvalue weighted by Gasteiger charge is 2.23. The molecule has 0 bridgehead atoms. The Balaban J connectivity index is 1.86. The van der Waals surface area contributed by atoms with Gasteiger partial charge in [0, 0.05) is 32.0 Å². The molecular formula is C24H39N5O3. The van der Waals surface area contributed by atoms with Gasteiger partial charge >= 0.3 is 5.69 Å². The van der Waals surface area contributed by atoms with Crippen molar-refractivity contribution >= 4 is 17.1 Å². The van der Waals surface area contributed by atoms with Gasteiger partial charge in [0.15, 0.2) is 11.2 Å². The van der Waals surface area contributed by atoms with Crippen LogP contribution in [0.25, 0.3) is 11.2 Å². The smallest absolute Gasteiger partial charge is 0.330 e. The van der Waals surface area contributed by atoms with Crippen LogP contribution >= 0.6 is 0 Å². The molecule has 8 heteroatoms. The molecule has 0 spiro atoms. The number of unbranched alkanes of at least 4 members (excludes halogenated alkanes) is 3. The number of amides is 1. The fourth-order valence-electron chi connectivity index (χ4n) is 4.73. The van der Waals surface area contributed by atoms with Crippen molar-refractivity contribution in [2.24, 2.45) is 5.92 Å². The van der Waals surface area contributed by atoms with Gasteiger partial charge in [0.2, 0.25) is 5.91 Å². The number of hydrogen-bond acceptors (Lipinski definition) is 4. The van der Waals surface area contributed by atoms with Crippen molar-refractivity contribution in [3.05, 3.63) is 26.7 Å². The summed E-state index contributed by atoms with van der Waals surface area (Å²) in [5.74, 6) is 1.26. The third kappa shape index (κ3) is 5.70. The SMILES string of the molecule is CCCCCn1c(CCC(=O)N[C@@H]2CCCC[C@H]2C)nc2c1c(=O)[nH]c(=O)n2CCCC. The van der Waals surface area contributed by atoms with Crippen molar-refractivity contribution < 1.29 is 4.79 Å². The molecule has 178 valence electrons. The summed E-state index contributed by atoms with van der Waals surface area (Å²) in [6.07, 6.45) is 10.2. The number of nitrogens with one attached hydrogen (secondary N) is 2. The van der Waals surface area contributed by atoms with Gasteiger partial charge in [-0.3, -0.25) is 19.1 Å². The Kier molecular flexibility index (Phi) is 8.70. The van der Waals surface area contributed by atoms with Crippen LogP contribution in [0, 0.1) is 5.92 Å². The Morgan fingerprint density at radius 3 is 2.50 bits per heavy atom. The summed E-state index contributed by atoms with van der Waals surface area (Å²) in [6.45, 7) is 7.59. The highest BCUT2D eigenvalue weighted by atomic mass is 16.2. The summed E-state index contributed by atoms with van der Waals surface area (Å²) in [4.78, 5) is 45.0. The van der Waals surface area contributed by atoms with E-state index in [0.717, 1.165) is 44.9 Å². The number of carbonyl (C=O) groups excluding carboxylic acids is 1. The lowest BCUT2D eigenvalue weighted by molar-refractivity contribution is -0.122. The monoisotopic (exact) mass is 445 g/mol. The van der Waals surface area contributed by atoms with Gasteiger partial charge in [0.1, 0.15) is 5.82 Å². The van der Waals surface area contributed by atoms with E-state index in [0.29, 0.717) is 48.8 Å². The molecule has 0 unspecified atom stereocenters. The van der Waals surface area contributed by atoms with Crippen LogP contribution in [0.1, 0.15) is 90.8 Å². The first-order chi connectivity index (χ1) is 15.5. The number of aryl methyl sites for hydroxylation is 3. The van der Waals surface area contributed by atoms with Gasteiger partial charge in [-0.1, -0.05) is 52.9 Å². The van der Waals surface area contributed by atoms with Crippen LogP contribution < -0.4 is 16.6 Å². The quantitative estimate of drug-likeness (QED) is 0.517. The van der Waals surface area contributed by atoms with Gasteiger partial charge in [-0.25, -0.2) is 9.78 Å². The molecule has 0 aromatic carbocycles. The van der Waals surface area contributed by atoms with Crippen LogP contribution in [0.3, 0.4) is 0 Å². The zero-order valence-electron chi connectivity index (χ0n) is 19.9. The number of fused-ring (bicyclic) bond motifs is 1. The molecule has 2 aromatic heterocycles. The average Bonchev–Trinajstić information content (AvgIpc) is 3.13. The van der Waals surface area contributed by atoms with Crippen molar-refractivity contribution in [2.75, 3.05) is 0 Å². The Labute approximate surface area is 189 Å². The first kappa shape index (κ1) is 24.3. The predicted octanol–water partition coefficient (Wildman–Crippen LogP) is 3.50. The van der Waals surface area contributed by atoms with Gasteiger partial charge in [-0.05, 0) is 31.6 Å². The largest absolute Gasteiger partial charge is 0.353 e. The minimum Gasteiger partial charge on any atom is -0.353 e. The molecule has 2 aromatic rings. The lowest BCUT2D eigenvalue weighted by Crippen LogP contribution is -2.41. The second kappa shape index (κ2) is 11.5. The summed E-state index contributed by atoms with van der Waals surface area (Å²) < 4.78 is 3.51. The van der Waals surface area contributed by atoms with Gasteiger partial charge in [-0.2, -0.15) is 0 Å². The van der Waals surface area contributed by atoms with E-state index in [1.165, 1.54) is 12.8 Å². The van der Waals surface area contributed by atoms with Crippen molar-refractivity contribution in [1.29, 1.82) is 0 Å². The van der Waals surface area contributed by atoms with E-state index in [1.54, 1.807) is 4.57 Å². The van der Waals surface area contributed by atoms with E-state index < -0.39 is 11.2 Å². The van der Waals surface area contributed by atoms with E-state index in [1.807, 2.05) is 4.57 Å². The summed E-state index contributed by atoms with van der Waals surface area (Å²) >= 11 is 0. The maximum atomic E-state index is 12.7. The Morgan fingerprint density at radius 1 is 1.06 bits per heavy atom. The second-order valence-electron chi connectivity index (χ2n) is 9.26. The molecule has 2 atom stereocenters. The van der Waals surface area contributed by atoms with Crippen LogP contribution in [0.15, 0.2) is 9.59 Å². The highest BCUT2D eigenvalue weighted by molar-refractivity contribution is 5.77. The van der Waals surface area contributed by atoms with Crippen LogP contribution in [0.2, 0.25) is 0 Å². The normalized spacial score (nSPS) is 18.8. The Hall–Kier alpha value is -2.38. The lowest BCUT2D eigenvalue weighted by atomic mass is 9.86. The predicted molar refractivity (Wildman–Crippen MR) is 127 cm³/mol. The van der Waals surface area contributed by atoms with E-state index >= 15 is 0 Å². The number of imidazole rings is 1. The maximum absolute atomic E-state index is 12.7. The molecule has 32 heavy (non-hydrogen) atoms. The lowest BCUT2D eigenvalue weighted by Gasteiger charge is -2.29. The van der Waals surface area contributed by atoms with Gasteiger partial charge in [-0.15, -0.1) is 0 Å². The molecule has 3 rings (SSSR count). The maximum Gasteiger partial charge on any atom is 0.330 e. The van der Waals surface area contributed by atoms with Crippen molar-refractivity contribution in [3.8, 4) is 0 Å². The number of rotatable bonds is 11. The topological polar surface area (TPSA) is 102 Å². The molecule has 2 heterocycles. The van der Waals surface area contributed by atoms with Gasteiger partial charge in [0.25, 0.3) is 5.56 Å². The number of carbonyl (C=O) groups is 1. The average molecular weight is 446 g/mol. The molecule has 1 aliphatic rings. The van der Waals surface area contributed by atoms with Crippen LogP contribution in [0.5, 0.6) is 0 Å². The minimum atomic E-state index is -0.412. The third-order valence-electron chi connectivity index (χ3n) is 6.72. The second-order valence-corrected chi connectivity index (χ2v) is 9.26. The molecule has 2 N–H and O–H groups in total. The standard InChI is InChI=1S/C24H39N5O3/c1-4-6-10-16-28-19(13-14-20(30)25-18-12-9-8-11-17(18)3)26-22-21(28)23(31)27-24(32)29(22)15-7-5-2/h17-18H,4-16H2,1-3H3,(H,25,30)(H,27,31,32)/t17-,18-/m1/s1. The van der Waals surface area contributed by atoms with Crippen LogP contribution in [-0.2, 0) is 24.3 Å². The number of aromatic nitrogens is 4. The zero-order chi connectivity index (χ0) is 23.1. The molecular weight excluding hydrogens is 406 g/mol.